The minimum absolute atomic E-state index is 0.102. The fourth-order valence-corrected chi connectivity index (χ4v) is 9.77. The second-order valence-electron chi connectivity index (χ2n) is 16.9. The highest BCUT2D eigenvalue weighted by atomic mass is 35.5. The van der Waals surface area contributed by atoms with E-state index in [1.54, 1.807) is 31.3 Å². The summed E-state index contributed by atoms with van der Waals surface area (Å²) in [5.74, 6) is 1.40. The van der Waals surface area contributed by atoms with Crippen molar-refractivity contribution in [1.29, 1.82) is 5.26 Å². The van der Waals surface area contributed by atoms with Gasteiger partial charge in [-0.3, -0.25) is 24.1 Å². The third-order valence-corrected chi connectivity index (χ3v) is 13.2. The number of benzene rings is 3. The van der Waals surface area contributed by atoms with Crippen LogP contribution in [0.3, 0.4) is 0 Å². The fourth-order valence-electron chi connectivity index (χ4n) is 9.56. The highest BCUT2D eigenvalue weighted by Crippen LogP contribution is 2.50. The number of halogens is 1. The molecule has 3 aromatic rings. The second-order valence-corrected chi connectivity index (χ2v) is 17.3. The van der Waals surface area contributed by atoms with E-state index >= 15 is 0 Å². The van der Waals surface area contributed by atoms with Crippen molar-refractivity contribution in [2.24, 2.45) is 11.3 Å². The Morgan fingerprint density at radius 2 is 1.63 bits per heavy atom. The molecule has 3 aromatic carbocycles. The lowest BCUT2D eigenvalue weighted by atomic mass is 9.61. The maximum atomic E-state index is 13.3. The molecule has 8 rings (SSSR count). The van der Waals surface area contributed by atoms with Crippen molar-refractivity contribution in [2.75, 3.05) is 57.8 Å². The van der Waals surface area contributed by atoms with Gasteiger partial charge in [-0.2, -0.15) is 5.26 Å². The minimum Gasteiger partial charge on any atom is -0.490 e. The van der Waals surface area contributed by atoms with E-state index in [2.05, 4.69) is 33.3 Å². The van der Waals surface area contributed by atoms with Gasteiger partial charge >= 0.3 is 0 Å². The number of imide groups is 1. The summed E-state index contributed by atoms with van der Waals surface area (Å²) >= 11 is 6.16. The molecule has 1 atom stereocenters. The summed E-state index contributed by atoms with van der Waals surface area (Å²) in [7, 11) is 1.56. The molecule has 3 saturated heterocycles. The Hall–Kier alpha value is -5.25. The van der Waals surface area contributed by atoms with E-state index < -0.39 is 0 Å². The SMILES string of the molecule is CC(CCC=O)N1C(=O)c2ccc(N3CCC(CN4CCC(c5ccc(C(=O)N6CC7(CC(Oc8ccc(C#N)c(Cl)c8)C7)C6)cc5)CC4)CC3)cc2C1=O.CNC=O. The van der Waals surface area contributed by atoms with Gasteiger partial charge in [0.1, 0.15) is 24.2 Å². The zero-order valence-electron chi connectivity index (χ0n) is 33.9. The van der Waals surface area contributed by atoms with Crippen molar-refractivity contribution in [1.82, 2.24) is 20.0 Å². The quantitative estimate of drug-likeness (QED) is 0.164. The van der Waals surface area contributed by atoms with Crippen molar-refractivity contribution >= 4 is 47.7 Å². The molecule has 5 aliphatic rings. The van der Waals surface area contributed by atoms with Gasteiger partial charge in [-0.05, 0) is 125 Å². The Bertz CT molecular complexity index is 2070. The van der Waals surface area contributed by atoms with E-state index in [1.807, 2.05) is 36.1 Å². The summed E-state index contributed by atoms with van der Waals surface area (Å²) in [5.41, 5.74) is 4.58. The van der Waals surface area contributed by atoms with Crippen LogP contribution in [-0.4, -0.2) is 110 Å². The molecule has 4 fully saturated rings. The van der Waals surface area contributed by atoms with Crippen LogP contribution in [0.2, 0.25) is 5.02 Å². The van der Waals surface area contributed by atoms with Crippen LogP contribution in [0.1, 0.15) is 106 Å². The fraction of sp³-hybridized carbons (Fsp3) is 0.478. The van der Waals surface area contributed by atoms with E-state index in [9.17, 15) is 19.2 Å². The van der Waals surface area contributed by atoms with Gasteiger partial charge in [0.15, 0.2) is 0 Å². The van der Waals surface area contributed by atoms with Crippen LogP contribution in [-0.2, 0) is 9.59 Å². The van der Waals surface area contributed by atoms with Gasteiger partial charge in [0.05, 0.1) is 21.7 Å². The monoisotopic (exact) mass is 820 g/mol. The molecule has 1 N–H and O–H groups in total. The lowest BCUT2D eigenvalue weighted by molar-refractivity contribution is -0.109. The number of fused-ring (bicyclic) bond motifs is 1. The molecule has 12 nitrogen and oxygen atoms in total. The topological polar surface area (TPSA) is 143 Å². The van der Waals surface area contributed by atoms with Gasteiger partial charge < -0.3 is 29.5 Å². The first-order valence-corrected chi connectivity index (χ1v) is 21.2. The predicted octanol–water partition coefficient (Wildman–Crippen LogP) is 6.32. The molecule has 1 aliphatic carbocycles. The molecule has 4 heterocycles. The van der Waals surface area contributed by atoms with Gasteiger partial charge in [0, 0.05) is 75.0 Å². The summed E-state index contributed by atoms with van der Waals surface area (Å²) < 4.78 is 6.08. The standard InChI is InChI=1S/C44H48ClN5O5.C2H5NO/c1-29(3-2-20-51)50-42(53)38-11-9-35(21-39(38)43(50)54)48-18-12-30(13-19-48)26-47-16-14-32(15-17-47)31-4-6-33(7-5-31)41(52)49-27-44(28-49)23-37(24-44)55-36-10-8-34(25-46)40(45)22-36;1-3-2-4/h4-11,20-22,29-30,32,37H,2-3,12-19,23-24,26-28H2,1H3;2H,1H3,(H,3,4). The number of nitriles is 1. The Balaban J connectivity index is 0.00000126. The lowest BCUT2D eigenvalue weighted by Crippen LogP contribution is -2.65. The van der Waals surface area contributed by atoms with Crippen molar-refractivity contribution < 1.29 is 28.7 Å². The number of nitrogens with one attached hydrogen (secondary N) is 1. The first-order chi connectivity index (χ1) is 28.5. The number of hydrogen-bond donors (Lipinski definition) is 1. The molecule has 13 heteroatoms. The third-order valence-electron chi connectivity index (χ3n) is 12.9. The number of hydrogen-bond acceptors (Lipinski definition) is 9. The number of rotatable bonds is 12. The molecule has 0 bridgehead atoms. The highest BCUT2D eigenvalue weighted by Gasteiger charge is 2.54. The largest absolute Gasteiger partial charge is 0.490 e. The molecular weight excluding hydrogens is 768 g/mol. The maximum absolute atomic E-state index is 13.3. The number of likely N-dealkylation sites (tertiary alicyclic amines) is 2. The number of anilines is 1. The van der Waals surface area contributed by atoms with E-state index in [4.69, 9.17) is 26.4 Å². The molecule has 1 unspecified atom stereocenters. The molecule has 4 amide bonds. The first kappa shape index (κ1) is 41.9. The molecular formula is C46H53ClN6O6. The third kappa shape index (κ3) is 9.17. The van der Waals surface area contributed by atoms with Crippen LogP contribution in [0.4, 0.5) is 5.69 Å². The van der Waals surface area contributed by atoms with Crippen molar-refractivity contribution in [3.8, 4) is 11.8 Å². The van der Waals surface area contributed by atoms with Gasteiger partial charge in [-0.15, -0.1) is 0 Å². The van der Waals surface area contributed by atoms with Gasteiger partial charge in [0.2, 0.25) is 6.41 Å². The van der Waals surface area contributed by atoms with Crippen molar-refractivity contribution in [3.63, 3.8) is 0 Å². The number of carbonyl (C=O) groups excluding carboxylic acids is 5. The number of carbonyl (C=O) groups is 5. The Labute approximate surface area is 351 Å². The first-order valence-electron chi connectivity index (χ1n) is 20.8. The zero-order valence-corrected chi connectivity index (χ0v) is 34.7. The average Bonchev–Trinajstić information content (AvgIpc) is 3.48. The summed E-state index contributed by atoms with van der Waals surface area (Å²) in [6.07, 6.45) is 8.60. The summed E-state index contributed by atoms with van der Waals surface area (Å²) in [6, 6.07) is 20.9. The number of ether oxygens (including phenoxy) is 1. The molecule has 310 valence electrons. The van der Waals surface area contributed by atoms with Crippen molar-refractivity contribution in [3.05, 3.63) is 93.5 Å². The average molecular weight is 821 g/mol. The van der Waals surface area contributed by atoms with Crippen LogP contribution in [0.5, 0.6) is 5.75 Å². The van der Waals surface area contributed by atoms with E-state index in [0.29, 0.717) is 58.6 Å². The van der Waals surface area contributed by atoms with E-state index in [1.165, 1.54) is 10.5 Å². The Morgan fingerprint density at radius 3 is 2.25 bits per heavy atom. The maximum Gasteiger partial charge on any atom is 0.261 e. The van der Waals surface area contributed by atoms with Gasteiger partial charge in [0.25, 0.3) is 17.7 Å². The normalized spacial score (nSPS) is 19.8. The Kier molecular flexibility index (Phi) is 13.0. The highest BCUT2D eigenvalue weighted by molar-refractivity contribution is 6.31. The minimum atomic E-state index is -0.309. The Morgan fingerprint density at radius 1 is 0.949 bits per heavy atom. The predicted molar refractivity (Wildman–Crippen MR) is 225 cm³/mol. The number of amides is 4. The van der Waals surface area contributed by atoms with Crippen LogP contribution in [0.25, 0.3) is 0 Å². The van der Waals surface area contributed by atoms with Crippen LogP contribution in [0.15, 0.2) is 60.7 Å². The van der Waals surface area contributed by atoms with Crippen LogP contribution < -0.4 is 15.0 Å². The lowest BCUT2D eigenvalue weighted by Gasteiger charge is -2.58. The van der Waals surface area contributed by atoms with Crippen LogP contribution >= 0.6 is 11.6 Å². The summed E-state index contributed by atoms with van der Waals surface area (Å²) in [6.45, 7) is 8.46. The molecule has 4 aliphatic heterocycles. The van der Waals surface area contributed by atoms with Crippen molar-refractivity contribution in [2.45, 2.75) is 76.4 Å². The summed E-state index contributed by atoms with van der Waals surface area (Å²) in [5, 5.41) is 11.7. The van der Waals surface area contributed by atoms with E-state index in [0.717, 1.165) is 102 Å². The molecule has 0 aromatic heterocycles. The second kappa shape index (κ2) is 18.3. The molecule has 1 saturated carbocycles. The van der Waals surface area contributed by atoms with Gasteiger partial charge in [-0.1, -0.05) is 23.7 Å². The molecule has 59 heavy (non-hydrogen) atoms. The number of aldehydes is 1. The number of piperidine rings is 2. The zero-order chi connectivity index (χ0) is 41.7. The van der Waals surface area contributed by atoms with Crippen LogP contribution in [0, 0.1) is 22.7 Å². The molecule has 0 radical (unpaired) electrons. The molecule has 1 spiro atoms. The van der Waals surface area contributed by atoms with Gasteiger partial charge in [-0.25, -0.2) is 0 Å². The van der Waals surface area contributed by atoms with E-state index in [-0.39, 0.29) is 35.3 Å². The summed E-state index contributed by atoms with van der Waals surface area (Å²) in [4.78, 5) is 67.5. The smallest absolute Gasteiger partial charge is 0.261 e. The number of nitrogens with zero attached hydrogens (tertiary/aromatic N) is 5.